The van der Waals surface area contributed by atoms with E-state index in [1.165, 1.54) is 17.4 Å². The molecule has 1 aliphatic rings. The van der Waals surface area contributed by atoms with E-state index in [2.05, 4.69) is 19.6 Å². The smallest absolute Gasteiger partial charge is 0.263 e. The number of nitrogens with zero attached hydrogens (tertiary/aromatic N) is 3. The van der Waals surface area contributed by atoms with Crippen LogP contribution in [0.5, 0.6) is 11.6 Å². The summed E-state index contributed by atoms with van der Waals surface area (Å²) in [6.07, 6.45) is 0. The zero-order valence-electron chi connectivity index (χ0n) is 18.4. The number of rotatable bonds is 6. The van der Waals surface area contributed by atoms with Crippen molar-refractivity contribution in [3.8, 4) is 11.6 Å². The van der Waals surface area contributed by atoms with Crippen molar-refractivity contribution in [3.05, 3.63) is 64.0 Å². The second kappa shape index (κ2) is 8.94. The third-order valence-electron chi connectivity index (χ3n) is 5.50. The summed E-state index contributed by atoms with van der Waals surface area (Å²) in [5.41, 5.74) is 2.90. The van der Waals surface area contributed by atoms with E-state index in [-0.39, 0.29) is 23.2 Å². The van der Waals surface area contributed by atoms with Gasteiger partial charge in [-0.05, 0) is 53.8 Å². The summed E-state index contributed by atoms with van der Waals surface area (Å²) in [7, 11) is -1.96. The molecule has 2 aromatic heterocycles. The van der Waals surface area contributed by atoms with E-state index in [4.69, 9.17) is 21.1 Å². The Bertz CT molecular complexity index is 1490. The normalized spacial score (nSPS) is 13.4. The van der Waals surface area contributed by atoms with Gasteiger partial charge < -0.3 is 14.4 Å². The van der Waals surface area contributed by atoms with E-state index in [0.29, 0.717) is 27.5 Å². The third-order valence-corrected chi connectivity index (χ3v) is 8.19. The Hall–Kier alpha value is -3.08. The van der Waals surface area contributed by atoms with Gasteiger partial charge in [0.25, 0.3) is 15.9 Å². The van der Waals surface area contributed by atoms with Crippen LogP contribution >= 0.6 is 22.9 Å². The molecule has 34 heavy (non-hydrogen) atoms. The number of thiophene rings is 1. The zero-order chi connectivity index (χ0) is 23.9. The molecular weight excluding hydrogens is 496 g/mol. The van der Waals surface area contributed by atoms with Gasteiger partial charge in [0.05, 0.1) is 17.1 Å². The van der Waals surface area contributed by atoms with Gasteiger partial charge in [-0.1, -0.05) is 23.7 Å². The van der Waals surface area contributed by atoms with Gasteiger partial charge in [0.2, 0.25) is 5.82 Å². The van der Waals surface area contributed by atoms with Gasteiger partial charge >= 0.3 is 0 Å². The summed E-state index contributed by atoms with van der Waals surface area (Å²) in [5.74, 6) is 0.889. The molecule has 0 spiro atoms. The molecule has 176 valence electrons. The second-order valence-corrected chi connectivity index (χ2v) is 10.8. The summed E-state index contributed by atoms with van der Waals surface area (Å²) in [5, 5.41) is 2.20. The number of benzene rings is 2. The molecule has 5 rings (SSSR count). The lowest BCUT2D eigenvalue weighted by Crippen LogP contribution is -2.28. The Morgan fingerprint density at radius 1 is 1.24 bits per heavy atom. The van der Waals surface area contributed by atoms with Crippen molar-refractivity contribution in [2.24, 2.45) is 0 Å². The molecule has 0 aliphatic carbocycles. The highest BCUT2D eigenvalue weighted by atomic mass is 35.5. The average Bonchev–Trinajstić information content (AvgIpc) is 3.26. The van der Waals surface area contributed by atoms with Crippen LogP contribution in [-0.2, 0) is 16.6 Å². The number of hydrogen-bond donors (Lipinski definition) is 1. The molecule has 1 aliphatic heterocycles. The highest BCUT2D eigenvalue weighted by Gasteiger charge is 2.23. The number of halogens is 1. The topological polar surface area (TPSA) is 93.7 Å². The fourth-order valence-corrected chi connectivity index (χ4v) is 5.84. The lowest BCUT2D eigenvalue weighted by Gasteiger charge is -2.27. The maximum Gasteiger partial charge on any atom is 0.263 e. The van der Waals surface area contributed by atoms with Crippen molar-refractivity contribution in [2.75, 3.05) is 29.8 Å². The minimum Gasteiger partial charge on any atom is -0.490 e. The Morgan fingerprint density at radius 2 is 2.09 bits per heavy atom. The monoisotopic (exact) mass is 516 g/mol. The molecule has 0 saturated heterocycles. The molecule has 0 amide bonds. The van der Waals surface area contributed by atoms with Gasteiger partial charge in [-0.15, -0.1) is 11.3 Å². The molecule has 8 nitrogen and oxygen atoms in total. The number of anilines is 2. The first-order valence-electron chi connectivity index (χ1n) is 10.4. The molecule has 11 heteroatoms. The third kappa shape index (κ3) is 4.36. The number of nitrogens with one attached hydrogen (secondary N) is 1. The molecular formula is C23H21ClN4O4S2. The van der Waals surface area contributed by atoms with E-state index in [0.717, 1.165) is 23.5 Å². The number of fused-ring (bicyclic) bond motifs is 2. The van der Waals surface area contributed by atoms with Crippen molar-refractivity contribution in [1.82, 2.24) is 9.97 Å². The van der Waals surface area contributed by atoms with Gasteiger partial charge in [0.15, 0.2) is 0 Å². The van der Waals surface area contributed by atoms with Crippen LogP contribution in [0.15, 0.2) is 52.7 Å². The van der Waals surface area contributed by atoms with Crippen LogP contribution in [0.1, 0.15) is 11.1 Å². The van der Waals surface area contributed by atoms with Gasteiger partial charge in [0.1, 0.15) is 29.3 Å². The van der Waals surface area contributed by atoms with Crippen LogP contribution in [-0.4, -0.2) is 38.6 Å². The molecule has 0 saturated carbocycles. The van der Waals surface area contributed by atoms with Crippen LogP contribution in [0.4, 0.5) is 11.5 Å². The van der Waals surface area contributed by atoms with Gasteiger partial charge in [-0.2, -0.15) is 4.98 Å². The molecule has 0 atom stereocenters. The lowest BCUT2D eigenvalue weighted by atomic mass is 10.1. The maximum atomic E-state index is 13.2. The van der Waals surface area contributed by atoms with Crippen molar-refractivity contribution in [2.45, 2.75) is 18.4 Å². The lowest BCUT2D eigenvalue weighted by molar-refractivity contribution is 0.290. The second-order valence-electron chi connectivity index (χ2n) is 7.82. The highest BCUT2D eigenvalue weighted by molar-refractivity contribution is 7.92. The molecule has 4 aromatic rings. The van der Waals surface area contributed by atoms with E-state index >= 15 is 0 Å². The number of aromatic nitrogens is 2. The fraction of sp³-hybridized carbons (Fsp3) is 0.217. The van der Waals surface area contributed by atoms with Gasteiger partial charge in [0, 0.05) is 12.1 Å². The van der Waals surface area contributed by atoms with Crippen LogP contribution in [0.3, 0.4) is 0 Å². The number of sulfonamides is 1. The molecule has 0 bridgehead atoms. The van der Waals surface area contributed by atoms with E-state index in [1.54, 1.807) is 25.1 Å². The summed E-state index contributed by atoms with van der Waals surface area (Å²) in [6.45, 7) is 3.26. The molecule has 0 fully saturated rings. The van der Waals surface area contributed by atoms with E-state index in [1.807, 2.05) is 30.6 Å². The number of likely N-dealkylation sites (N-methyl/N-ethyl adjacent to an activating group) is 1. The SMILES string of the molecule is Cc1c(Cl)cccc1S(=O)(=O)Nc1nc2ccsc2nc1OCc1ccc2c(c1)OCCN2C. The molecule has 2 aromatic carbocycles. The quantitative estimate of drug-likeness (QED) is 0.391. The Labute approximate surface area is 206 Å². The Kier molecular flexibility index (Phi) is 5.97. The zero-order valence-corrected chi connectivity index (χ0v) is 20.8. The predicted octanol–water partition coefficient (Wildman–Crippen LogP) is 4.86. The summed E-state index contributed by atoms with van der Waals surface area (Å²) in [4.78, 5) is 11.8. The van der Waals surface area contributed by atoms with Crippen LogP contribution in [0.25, 0.3) is 10.3 Å². The van der Waals surface area contributed by atoms with Crippen LogP contribution in [0.2, 0.25) is 5.02 Å². The first-order chi connectivity index (χ1) is 16.3. The van der Waals surface area contributed by atoms with Gasteiger partial charge in [-0.25, -0.2) is 13.4 Å². The Morgan fingerprint density at radius 3 is 2.94 bits per heavy atom. The highest BCUT2D eigenvalue weighted by Crippen LogP contribution is 2.33. The summed E-state index contributed by atoms with van der Waals surface area (Å²) < 4.78 is 40.6. The minimum absolute atomic E-state index is 0.0132. The summed E-state index contributed by atoms with van der Waals surface area (Å²) >= 11 is 7.53. The number of ether oxygens (including phenoxy) is 2. The van der Waals surface area contributed by atoms with E-state index in [9.17, 15) is 8.42 Å². The fourth-order valence-electron chi connectivity index (χ4n) is 3.65. The van der Waals surface area contributed by atoms with Crippen molar-refractivity contribution in [1.29, 1.82) is 0 Å². The van der Waals surface area contributed by atoms with Crippen molar-refractivity contribution < 1.29 is 17.9 Å². The molecule has 0 unspecified atom stereocenters. The summed E-state index contributed by atoms with van der Waals surface area (Å²) in [6, 6.07) is 12.3. The predicted molar refractivity (Wildman–Crippen MR) is 134 cm³/mol. The first-order valence-corrected chi connectivity index (χ1v) is 13.2. The van der Waals surface area contributed by atoms with Crippen molar-refractivity contribution >= 4 is 54.8 Å². The van der Waals surface area contributed by atoms with E-state index < -0.39 is 10.0 Å². The van der Waals surface area contributed by atoms with Gasteiger partial charge in [-0.3, -0.25) is 4.72 Å². The van der Waals surface area contributed by atoms with Crippen LogP contribution < -0.4 is 19.1 Å². The number of hydrogen-bond acceptors (Lipinski definition) is 8. The first kappa shape index (κ1) is 22.7. The standard InChI is InChI=1S/C23H21ClN4O4S2/c1-14-16(24)4-3-5-20(14)34(29,30)27-21-22(26-23-17(25-21)8-11-33-23)32-13-15-6-7-18-19(12-15)31-10-9-28(18)2/h3-8,11-12H,9-10,13H2,1-2H3,(H,25,27). The molecule has 1 N–H and O–H groups in total. The Balaban J connectivity index is 1.45. The maximum absolute atomic E-state index is 13.2. The average molecular weight is 517 g/mol. The largest absolute Gasteiger partial charge is 0.490 e. The minimum atomic E-state index is -3.98. The molecule has 3 heterocycles. The van der Waals surface area contributed by atoms with Crippen LogP contribution in [0, 0.1) is 6.92 Å². The molecule has 0 radical (unpaired) electrons. The van der Waals surface area contributed by atoms with Crippen molar-refractivity contribution in [3.63, 3.8) is 0 Å².